The predicted octanol–water partition coefficient (Wildman–Crippen LogP) is 4.52. The van der Waals surface area contributed by atoms with Crippen LogP contribution in [-0.4, -0.2) is 14.4 Å². The highest BCUT2D eigenvalue weighted by molar-refractivity contribution is 9.10. The van der Waals surface area contributed by atoms with Crippen molar-refractivity contribution in [3.8, 4) is 11.5 Å². The minimum atomic E-state index is 0.698. The first-order chi connectivity index (χ1) is 10.1. The van der Waals surface area contributed by atoms with Crippen molar-refractivity contribution in [1.82, 2.24) is 14.4 Å². The number of hydrogen-bond acceptors (Lipinski definition) is 3. The highest BCUT2D eigenvalue weighted by Gasteiger charge is 2.12. The summed E-state index contributed by atoms with van der Waals surface area (Å²) in [6.45, 7) is 4.02. The number of halogens is 1. The van der Waals surface area contributed by atoms with E-state index in [9.17, 15) is 0 Å². The number of furan rings is 1. The molecule has 4 aromatic rings. The molecular formula is C16H12BrN3O. The molecule has 1 aromatic carbocycles. The highest BCUT2D eigenvalue weighted by atomic mass is 79.9. The van der Waals surface area contributed by atoms with Gasteiger partial charge in [-0.15, -0.1) is 0 Å². The number of benzene rings is 1. The van der Waals surface area contributed by atoms with Gasteiger partial charge in [0.1, 0.15) is 11.3 Å². The Hall–Kier alpha value is -2.14. The van der Waals surface area contributed by atoms with E-state index in [-0.39, 0.29) is 0 Å². The zero-order chi connectivity index (χ0) is 14.6. The van der Waals surface area contributed by atoms with Gasteiger partial charge in [-0.2, -0.15) is 0 Å². The predicted molar refractivity (Wildman–Crippen MR) is 85.4 cm³/mol. The minimum Gasteiger partial charge on any atom is -0.454 e. The molecule has 5 heteroatoms. The molecule has 4 rings (SSSR count). The van der Waals surface area contributed by atoms with E-state index >= 15 is 0 Å². The fraction of sp³-hybridized carbons (Fsp3) is 0.125. The fourth-order valence-electron chi connectivity index (χ4n) is 2.53. The van der Waals surface area contributed by atoms with Crippen LogP contribution in [0.25, 0.3) is 28.2 Å². The smallest absolute Gasteiger partial charge is 0.234 e. The molecule has 0 atom stereocenters. The zero-order valence-electron chi connectivity index (χ0n) is 11.6. The lowest BCUT2D eigenvalue weighted by Crippen LogP contribution is -1.94. The second-order valence-corrected chi connectivity index (χ2v) is 6.04. The Kier molecular flexibility index (Phi) is 2.65. The van der Waals surface area contributed by atoms with Crippen LogP contribution in [0.2, 0.25) is 0 Å². The Labute approximate surface area is 129 Å². The molecule has 0 amide bonds. The van der Waals surface area contributed by atoms with Gasteiger partial charge in [-0.1, -0.05) is 15.9 Å². The van der Waals surface area contributed by atoms with Crippen LogP contribution in [0.4, 0.5) is 0 Å². The molecule has 0 aliphatic rings. The van der Waals surface area contributed by atoms with E-state index in [1.807, 2.05) is 54.8 Å². The zero-order valence-corrected chi connectivity index (χ0v) is 13.2. The van der Waals surface area contributed by atoms with Gasteiger partial charge < -0.3 is 4.42 Å². The maximum atomic E-state index is 5.88. The third kappa shape index (κ3) is 2.05. The molecule has 0 aliphatic heterocycles. The first-order valence-electron chi connectivity index (χ1n) is 6.63. The van der Waals surface area contributed by atoms with Crippen molar-refractivity contribution < 1.29 is 4.42 Å². The number of aromatic nitrogens is 3. The monoisotopic (exact) mass is 341 g/mol. The molecule has 0 radical (unpaired) electrons. The van der Waals surface area contributed by atoms with Gasteiger partial charge in [-0.05, 0) is 44.2 Å². The molecule has 0 saturated carbocycles. The molecule has 4 nitrogen and oxygen atoms in total. The van der Waals surface area contributed by atoms with E-state index in [0.29, 0.717) is 5.78 Å². The molecule has 0 fully saturated rings. The average molecular weight is 342 g/mol. The van der Waals surface area contributed by atoms with Gasteiger partial charge in [0.25, 0.3) is 0 Å². The summed E-state index contributed by atoms with van der Waals surface area (Å²) in [5.41, 5.74) is 3.72. The summed E-state index contributed by atoms with van der Waals surface area (Å²) in [6, 6.07) is 9.99. The van der Waals surface area contributed by atoms with Crippen LogP contribution in [0.5, 0.6) is 0 Å². The van der Waals surface area contributed by atoms with Gasteiger partial charge in [0.15, 0.2) is 5.76 Å². The van der Waals surface area contributed by atoms with Gasteiger partial charge in [0, 0.05) is 27.4 Å². The van der Waals surface area contributed by atoms with Crippen molar-refractivity contribution >= 4 is 32.7 Å². The number of imidazole rings is 1. The van der Waals surface area contributed by atoms with Crippen LogP contribution >= 0.6 is 15.9 Å². The van der Waals surface area contributed by atoms with Gasteiger partial charge in [-0.3, -0.25) is 4.40 Å². The summed E-state index contributed by atoms with van der Waals surface area (Å²) in [5.74, 6) is 1.45. The van der Waals surface area contributed by atoms with Crippen LogP contribution in [0.3, 0.4) is 0 Å². The molecule has 21 heavy (non-hydrogen) atoms. The van der Waals surface area contributed by atoms with Crippen LogP contribution < -0.4 is 0 Å². The first kappa shape index (κ1) is 12.6. The van der Waals surface area contributed by atoms with Gasteiger partial charge >= 0.3 is 0 Å². The Morgan fingerprint density at radius 3 is 2.81 bits per heavy atom. The Bertz CT molecular complexity index is 984. The maximum Gasteiger partial charge on any atom is 0.234 e. The summed E-state index contributed by atoms with van der Waals surface area (Å²) in [7, 11) is 0. The third-order valence-corrected chi connectivity index (χ3v) is 3.99. The first-order valence-corrected chi connectivity index (χ1v) is 7.42. The molecule has 3 aromatic heterocycles. The van der Waals surface area contributed by atoms with E-state index in [0.717, 1.165) is 38.3 Å². The van der Waals surface area contributed by atoms with Crippen LogP contribution in [0.15, 0.2) is 45.4 Å². The standard InChI is InChI=1S/C16H12BrN3O/c1-9-5-10(2)20-8-13(19-16(20)18-9)15-7-11-6-12(17)3-4-14(11)21-15/h3-8H,1-2H3. The number of aryl methyl sites for hydroxylation is 2. The fourth-order valence-corrected chi connectivity index (χ4v) is 2.91. The van der Waals surface area contributed by atoms with Gasteiger partial charge in [0.2, 0.25) is 5.78 Å². The lowest BCUT2D eigenvalue weighted by molar-refractivity contribution is 0.629. The molecular weight excluding hydrogens is 330 g/mol. The molecule has 0 N–H and O–H groups in total. The topological polar surface area (TPSA) is 43.3 Å². The maximum absolute atomic E-state index is 5.88. The average Bonchev–Trinajstić information content (AvgIpc) is 3.01. The van der Waals surface area contributed by atoms with E-state index < -0.39 is 0 Å². The van der Waals surface area contributed by atoms with E-state index in [1.54, 1.807) is 0 Å². The number of nitrogens with zero attached hydrogens (tertiary/aromatic N) is 3. The summed E-state index contributed by atoms with van der Waals surface area (Å²) < 4.78 is 8.89. The lowest BCUT2D eigenvalue weighted by Gasteiger charge is -1.98. The lowest BCUT2D eigenvalue weighted by atomic mass is 10.2. The summed E-state index contributed by atoms with van der Waals surface area (Å²) >= 11 is 3.47. The second kappa shape index (κ2) is 4.43. The Morgan fingerprint density at radius 2 is 1.95 bits per heavy atom. The van der Waals surface area contributed by atoms with Crippen molar-refractivity contribution in [3.05, 3.63) is 52.4 Å². The third-order valence-electron chi connectivity index (χ3n) is 3.49. The largest absolute Gasteiger partial charge is 0.454 e. The Balaban J connectivity index is 1.93. The van der Waals surface area contributed by atoms with Crippen molar-refractivity contribution in [3.63, 3.8) is 0 Å². The summed E-state index contributed by atoms with van der Waals surface area (Å²) in [5, 5.41) is 1.05. The molecule has 3 heterocycles. The number of rotatable bonds is 1. The number of hydrogen-bond donors (Lipinski definition) is 0. The molecule has 0 saturated heterocycles. The molecule has 0 unspecified atom stereocenters. The van der Waals surface area contributed by atoms with E-state index in [4.69, 9.17) is 4.42 Å². The molecule has 0 spiro atoms. The molecule has 104 valence electrons. The van der Waals surface area contributed by atoms with Crippen molar-refractivity contribution in [2.24, 2.45) is 0 Å². The SMILES string of the molecule is Cc1cc(C)n2cc(-c3cc4cc(Br)ccc4o3)nc2n1. The van der Waals surface area contributed by atoms with E-state index in [2.05, 4.69) is 25.9 Å². The van der Waals surface area contributed by atoms with E-state index in [1.165, 1.54) is 0 Å². The summed E-state index contributed by atoms with van der Waals surface area (Å²) in [6.07, 6.45) is 1.96. The Morgan fingerprint density at radius 1 is 1.10 bits per heavy atom. The summed E-state index contributed by atoms with van der Waals surface area (Å²) in [4.78, 5) is 9.02. The van der Waals surface area contributed by atoms with Crippen LogP contribution in [0, 0.1) is 13.8 Å². The van der Waals surface area contributed by atoms with Crippen LogP contribution in [-0.2, 0) is 0 Å². The molecule has 0 bridgehead atoms. The quantitative estimate of drug-likeness (QED) is 0.511. The van der Waals surface area contributed by atoms with Crippen molar-refractivity contribution in [2.45, 2.75) is 13.8 Å². The van der Waals surface area contributed by atoms with Gasteiger partial charge in [-0.25, -0.2) is 9.97 Å². The highest BCUT2D eigenvalue weighted by Crippen LogP contribution is 2.29. The second-order valence-electron chi connectivity index (χ2n) is 5.13. The van der Waals surface area contributed by atoms with Crippen LogP contribution in [0.1, 0.15) is 11.4 Å². The van der Waals surface area contributed by atoms with Gasteiger partial charge in [0.05, 0.1) is 0 Å². The minimum absolute atomic E-state index is 0.698. The normalized spacial score (nSPS) is 11.6. The van der Waals surface area contributed by atoms with Crippen molar-refractivity contribution in [1.29, 1.82) is 0 Å². The number of fused-ring (bicyclic) bond motifs is 2. The molecule has 0 aliphatic carbocycles. The van der Waals surface area contributed by atoms with Crippen molar-refractivity contribution in [2.75, 3.05) is 0 Å².